The summed E-state index contributed by atoms with van der Waals surface area (Å²) in [5, 5.41) is 20.0. The quantitative estimate of drug-likeness (QED) is 0.300. The van der Waals surface area contributed by atoms with Crippen LogP contribution in [0.2, 0.25) is 0 Å². The fourth-order valence-electron chi connectivity index (χ4n) is 1.95. The Morgan fingerprint density at radius 1 is 1.00 bits per heavy atom. The van der Waals surface area contributed by atoms with Crippen LogP contribution in [0.15, 0.2) is 48.6 Å². The van der Waals surface area contributed by atoms with E-state index in [2.05, 4.69) is 25.2 Å². The van der Waals surface area contributed by atoms with Crippen LogP contribution in [-0.2, 0) is 4.79 Å². The van der Waals surface area contributed by atoms with E-state index in [0.717, 1.165) is 12.8 Å². The van der Waals surface area contributed by atoms with Crippen molar-refractivity contribution in [3.05, 3.63) is 48.6 Å². The largest absolute Gasteiger partial charge is 0.550 e. The third-order valence-electron chi connectivity index (χ3n) is 3.29. The van der Waals surface area contributed by atoms with E-state index in [4.69, 9.17) is 0 Å². The van der Waals surface area contributed by atoms with E-state index in [-0.39, 0.29) is 6.42 Å². The van der Waals surface area contributed by atoms with Gasteiger partial charge in [-0.25, -0.2) is 0 Å². The summed E-state index contributed by atoms with van der Waals surface area (Å²) in [5.41, 5.74) is 0. The first kappa shape index (κ1) is 21.4. The molecule has 0 saturated carbocycles. The summed E-state index contributed by atoms with van der Waals surface area (Å²) >= 11 is 0. The van der Waals surface area contributed by atoms with Crippen molar-refractivity contribution in [1.29, 1.82) is 0 Å². The van der Waals surface area contributed by atoms with Crippen molar-refractivity contribution in [2.24, 2.45) is 0 Å². The molecule has 130 valence electrons. The van der Waals surface area contributed by atoms with Crippen LogP contribution in [0.1, 0.15) is 64.7 Å². The molecule has 0 bridgehead atoms. The number of allylic oxidation sites excluding steroid dienone is 6. The molecule has 0 saturated heterocycles. The van der Waals surface area contributed by atoms with Crippen LogP contribution < -0.4 is 5.11 Å². The lowest BCUT2D eigenvalue weighted by molar-refractivity contribution is -0.305. The van der Waals surface area contributed by atoms with Crippen molar-refractivity contribution in [2.75, 3.05) is 0 Å². The third-order valence-corrected chi connectivity index (χ3v) is 3.29. The lowest BCUT2D eigenvalue weighted by Crippen LogP contribution is -2.21. The van der Waals surface area contributed by atoms with Gasteiger partial charge < -0.3 is 15.0 Å². The Hall–Kier alpha value is -1.61. The van der Waals surface area contributed by atoms with E-state index in [1.165, 1.54) is 19.3 Å². The molecule has 0 fully saturated rings. The van der Waals surface area contributed by atoms with Gasteiger partial charge in [0.1, 0.15) is 0 Å². The fraction of sp³-hybridized carbons (Fsp3) is 0.550. The van der Waals surface area contributed by atoms with Gasteiger partial charge in [-0.05, 0) is 44.9 Å². The lowest BCUT2D eigenvalue weighted by Gasteiger charge is -1.99. The van der Waals surface area contributed by atoms with Gasteiger partial charge in [-0.2, -0.15) is 0 Å². The van der Waals surface area contributed by atoms with Gasteiger partial charge in [-0.15, -0.1) is 0 Å². The minimum Gasteiger partial charge on any atom is -0.550 e. The van der Waals surface area contributed by atoms with Gasteiger partial charge >= 0.3 is 0 Å². The van der Waals surface area contributed by atoms with Crippen molar-refractivity contribution < 1.29 is 15.0 Å². The number of carboxylic acids is 1. The highest BCUT2D eigenvalue weighted by Gasteiger charge is 1.92. The van der Waals surface area contributed by atoms with Crippen LogP contribution in [-0.4, -0.2) is 17.2 Å². The van der Waals surface area contributed by atoms with Crippen LogP contribution in [0.25, 0.3) is 0 Å². The van der Waals surface area contributed by atoms with Crippen LogP contribution in [0.4, 0.5) is 0 Å². The molecule has 3 nitrogen and oxygen atoms in total. The summed E-state index contributed by atoms with van der Waals surface area (Å²) in [7, 11) is 0. The van der Waals surface area contributed by atoms with Gasteiger partial charge in [0.2, 0.25) is 0 Å². The van der Waals surface area contributed by atoms with Gasteiger partial charge in [-0.1, -0.05) is 68.4 Å². The second-order valence-corrected chi connectivity index (χ2v) is 5.55. The maximum absolute atomic E-state index is 10.2. The van der Waals surface area contributed by atoms with Crippen LogP contribution in [0.3, 0.4) is 0 Å². The van der Waals surface area contributed by atoms with Gasteiger partial charge in [0.25, 0.3) is 0 Å². The van der Waals surface area contributed by atoms with Crippen LogP contribution >= 0.6 is 0 Å². The van der Waals surface area contributed by atoms with E-state index in [1.54, 1.807) is 12.2 Å². The molecule has 1 N–H and O–H groups in total. The topological polar surface area (TPSA) is 60.4 Å². The molecular formula is C20H31O3-. The number of hydrogen-bond donors (Lipinski definition) is 1. The van der Waals surface area contributed by atoms with E-state index in [0.29, 0.717) is 19.3 Å². The summed E-state index contributed by atoms with van der Waals surface area (Å²) in [6.07, 6.45) is 23.1. The smallest absolute Gasteiger partial charge is 0.0758 e. The van der Waals surface area contributed by atoms with Crippen molar-refractivity contribution in [2.45, 2.75) is 70.8 Å². The molecule has 1 unspecified atom stereocenters. The monoisotopic (exact) mass is 319 g/mol. The molecule has 0 radical (unpaired) electrons. The van der Waals surface area contributed by atoms with E-state index >= 15 is 0 Å². The van der Waals surface area contributed by atoms with Gasteiger partial charge in [0.05, 0.1) is 6.10 Å². The Bertz CT molecular complexity index is 392. The molecule has 0 aliphatic carbocycles. The van der Waals surface area contributed by atoms with Gasteiger partial charge in [0.15, 0.2) is 0 Å². The number of unbranched alkanes of at least 4 members (excludes halogenated alkanes) is 4. The predicted octanol–water partition coefficient (Wildman–Crippen LogP) is 3.85. The number of rotatable bonds is 14. The highest BCUT2D eigenvalue weighted by atomic mass is 16.4. The first-order valence-electron chi connectivity index (χ1n) is 8.68. The number of carboxylic acid groups (broad SMARTS) is 1. The Balaban J connectivity index is 3.62. The van der Waals surface area contributed by atoms with E-state index in [1.807, 2.05) is 18.2 Å². The number of aliphatic hydroxyl groups is 1. The molecule has 1 atom stereocenters. The van der Waals surface area contributed by atoms with Crippen molar-refractivity contribution >= 4 is 5.97 Å². The lowest BCUT2D eigenvalue weighted by atomic mass is 10.2. The standard InChI is InChI=1S/C20H32O3/c1-2-3-4-5-6-7-8-10-13-16-19(21)17-14-11-9-12-15-18-20(22)23/h6-7,9-11,13-14,17,19,21H,2-5,8,12,15-16,18H2,1H3,(H,22,23)/p-1/b7-6-,11-9-,13-10-,17-14-. The summed E-state index contributed by atoms with van der Waals surface area (Å²) < 4.78 is 0. The second-order valence-electron chi connectivity index (χ2n) is 5.55. The number of carbonyl (C=O) groups excluding carboxylic acids is 1. The molecule has 0 aromatic carbocycles. The first-order chi connectivity index (χ1) is 11.2. The Kier molecular flexibility index (Phi) is 15.6. The average Bonchev–Trinajstić information content (AvgIpc) is 2.52. The van der Waals surface area contributed by atoms with Crippen molar-refractivity contribution in [1.82, 2.24) is 0 Å². The summed E-state index contributed by atoms with van der Waals surface area (Å²) in [5.74, 6) is -1.01. The van der Waals surface area contributed by atoms with E-state index < -0.39 is 12.1 Å². The molecule has 0 spiro atoms. The first-order valence-corrected chi connectivity index (χ1v) is 8.68. The Morgan fingerprint density at radius 2 is 1.74 bits per heavy atom. The summed E-state index contributed by atoms with van der Waals surface area (Å²) in [4.78, 5) is 10.2. The molecule has 0 heterocycles. The minimum atomic E-state index is -1.01. The molecule has 0 aromatic rings. The van der Waals surface area contributed by atoms with Crippen LogP contribution in [0, 0.1) is 0 Å². The Morgan fingerprint density at radius 3 is 2.48 bits per heavy atom. The third kappa shape index (κ3) is 18.3. The zero-order valence-electron chi connectivity index (χ0n) is 14.3. The molecule has 0 aliphatic heterocycles. The highest BCUT2D eigenvalue weighted by molar-refractivity contribution is 5.64. The number of carbonyl (C=O) groups is 1. The van der Waals surface area contributed by atoms with Crippen molar-refractivity contribution in [3.8, 4) is 0 Å². The molecule has 3 heteroatoms. The van der Waals surface area contributed by atoms with Crippen molar-refractivity contribution in [3.63, 3.8) is 0 Å². The SMILES string of the molecule is CCCCC/C=C\C/C=C\CC(O)/C=C\C=C/CCCC(=O)[O-]. The molecule has 0 rings (SSSR count). The van der Waals surface area contributed by atoms with Crippen LogP contribution in [0.5, 0.6) is 0 Å². The zero-order chi connectivity index (χ0) is 17.2. The zero-order valence-corrected chi connectivity index (χ0v) is 14.3. The molecule has 0 amide bonds. The summed E-state index contributed by atoms with van der Waals surface area (Å²) in [6.45, 7) is 2.21. The van der Waals surface area contributed by atoms with Gasteiger partial charge in [-0.3, -0.25) is 0 Å². The fourth-order valence-corrected chi connectivity index (χ4v) is 1.95. The van der Waals surface area contributed by atoms with E-state index in [9.17, 15) is 15.0 Å². The average molecular weight is 319 g/mol. The molecular weight excluding hydrogens is 288 g/mol. The maximum atomic E-state index is 10.2. The Labute approximate surface area is 141 Å². The second kappa shape index (κ2) is 16.8. The predicted molar refractivity (Wildman–Crippen MR) is 94.8 cm³/mol. The number of aliphatic carboxylic acids is 1. The molecule has 0 aliphatic rings. The molecule has 0 aromatic heterocycles. The number of aliphatic hydroxyl groups excluding tert-OH is 1. The normalized spacial score (nSPS) is 13.8. The minimum absolute atomic E-state index is 0.0918. The number of hydrogen-bond acceptors (Lipinski definition) is 3. The van der Waals surface area contributed by atoms with Gasteiger partial charge in [0, 0.05) is 5.97 Å². The highest BCUT2D eigenvalue weighted by Crippen LogP contribution is 2.02. The molecule has 23 heavy (non-hydrogen) atoms. The maximum Gasteiger partial charge on any atom is 0.0758 e. The summed E-state index contributed by atoms with van der Waals surface area (Å²) in [6, 6.07) is 0.